The molecule has 0 aromatic heterocycles. The van der Waals surface area contributed by atoms with Crippen molar-refractivity contribution in [2.75, 3.05) is 46.1 Å². The summed E-state index contributed by atoms with van der Waals surface area (Å²) in [6.07, 6.45) is 2.22. The molecule has 2 rings (SSSR count). The normalized spacial score (nSPS) is 18.6. The fourth-order valence-electron chi connectivity index (χ4n) is 2.82. The minimum Gasteiger partial charge on any atom is -0.376 e. The monoisotopic (exact) mass is 368 g/mol. The van der Waals surface area contributed by atoms with Crippen molar-refractivity contribution >= 4 is 16.0 Å². The Morgan fingerprint density at radius 2 is 2.08 bits per heavy atom. The first kappa shape index (κ1) is 19.7. The summed E-state index contributed by atoms with van der Waals surface area (Å²) < 4.78 is 30.4. The van der Waals surface area contributed by atoms with Crippen molar-refractivity contribution in [2.24, 2.45) is 10.9 Å². The number of guanidine groups is 1. The van der Waals surface area contributed by atoms with Crippen LogP contribution in [0.15, 0.2) is 35.3 Å². The molecule has 1 heterocycles. The Hall–Kier alpha value is -1.64. The second-order valence-electron chi connectivity index (χ2n) is 6.24. The summed E-state index contributed by atoms with van der Waals surface area (Å²) in [5.41, 5.74) is 1.19. The van der Waals surface area contributed by atoms with Crippen LogP contribution >= 0.6 is 0 Å². The molecule has 0 radical (unpaired) electrons. The van der Waals surface area contributed by atoms with Crippen molar-refractivity contribution in [3.63, 3.8) is 0 Å². The molecule has 7 nitrogen and oxygen atoms in total. The number of nitrogens with zero attached hydrogens (tertiary/aromatic N) is 2. The third-order valence-electron chi connectivity index (χ3n) is 4.03. The molecule has 2 N–H and O–H groups in total. The quantitative estimate of drug-likeness (QED) is 0.400. The van der Waals surface area contributed by atoms with Gasteiger partial charge in [0.1, 0.15) is 0 Å². The van der Waals surface area contributed by atoms with E-state index in [4.69, 9.17) is 4.74 Å². The van der Waals surface area contributed by atoms with Crippen LogP contribution < -0.4 is 10.0 Å². The molecule has 1 saturated heterocycles. The topological polar surface area (TPSA) is 83.0 Å². The number of rotatable bonds is 8. The Bertz CT molecular complexity index is 649. The molecule has 1 aliphatic heterocycles. The highest BCUT2D eigenvalue weighted by Crippen LogP contribution is 2.17. The summed E-state index contributed by atoms with van der Waals surface area (Å²) in [6.45, 7) is 4.05. The number of hydrogen-bond acceptors (Lipinski definition) is 4. The van der Waals surface area contributed by atoms with Crippen molar-refractivity contribution in [2.45, 2.75) is 13.0 Å². The van der Waals surface area contributed by atoms with Gasteiger partial charge < -0.3 is 15.0 Å². The molecule has 0 saturated carbocycles. The molecule has 0 aliphatic carbocycles. The number of nitrogens with one attached hydrogen (secondary N) is 2. The molecule has 1 atom stereocenters. The minimum atomic E-state index is -3.15. The van der Waals surface area contributed by atoms with E-state index >= 15 is 0 Å². The van der Waals surface area contributed by atoms with E-state index in [1.165, 1.54) is 5.56 Å². The largest absolute Gasteiger partial charge is 0.376 e. The molecule has 1 aromatic rings. The Balaban J connectivity index is 1.67. The average molecular weight is 369 g/mol. The van der Waals surface area contributed by atoms with E-state index in [9.17, 15) is 8.42 Å². The van der Waals surface area contributed by atoms with Crippen molar-refractivity contribution in [1.29, 1.82) is 0 Å². The van der Waals surface area contributed by atoms with Crippen molar-refractivity contribution < 1.29 is 13.2 Å². The Labute approximate surface area is 150 Å². The van der Waals surface area contributed by atoms with Gasteiger partial charge in [0.15, 0.2) is 5.96 Å². The van der Waals surface area contributed by atoms with Crippen LogP contribution in [0.4, 0.5) is 0 Å². The lowest BCUT2D eigenvalue weighted by Crippen LogP contribution is -2.43. The van der Waals surface area contributed by atoms with E-state index in [1.54, 1.807) is 7.05 Å². The molecular weight excluding hydrogens is 340 g/mol. The van der Waals surface area contributed by atoms with Crippen LogP contribution in [0.5, 0.6) is 0 Å². The van der Waals surface area contributed by atoms with Gasteiger partial charge in [0.2, 0.25) is 10.0 Å². The van der Waals surface area contributed by atoms with Gasteiger partial charge in [-0.1, -0.05) is 30.3 Å². The van der Waals surface area contributed by atoms with Gasteiger partial charge in [-0.3, -0.25) is 4.99 Å². The third kappa shape index (κ3) is 7.41. The van der Waals surface area contributed by atoms with Gasteiger partial charge in [-0.2, -0.15) is 0 Å². The molecule has 8 heteroatoms. The first-order valence-electron chi connectivity index (χ1n) is 8.50. The Morgan fingerprint density at radius 1 is 1.32 bits per heavy atom. The molecule has 140 valence electrons. The standard InChI is InChI=1S/C17H28N4O3S/c1-18-17(19-9-10-20-25(2,22)23)21-11-8-16(12-21)14-24-13-15-6-4-3-5-7-15/h3-7,16,20H,8-14H2,1-2H3,(H,18,19). The van der Waals surface area contributed by atoms with E-state index in [1.807, 2.05) is 18.2 Å². The first-order chi connectivity index (χ1) is 12.0. The molecule has 1 aliphatic rings. The van der Waals surface area contributed by atoms with Crippen LogP contribution in [0, 0.1) is 5.92 Å². The van der Waals surface area contributed by atoms with Crippen LogP contribution in [0.2, 0.25) is 0 Å². The van der Waals surface area contributed by atoms with Crippen molar-refractivity contribution in [3.8, 4) is 0 Å². The zero-order chi connectivity index (χ0) is 18.1. The Morgan fingerprint density at radius 3 is 2.76 bits per heavy atom. The maximum atomic E-state index is 11.1. The summed E-state index contributed by atoms with van der Waals surface area (Å²) in [6, 6.07) is 10.2. The maximum Gasteiger partial charge on any atom is 0.208 e. The molecule has 1 aromatic carbocycles. The summed E-state index contributed by atoms with van der Waals surface area (Å²) in [7, 11) is -1.41. The Kier molecular flexibility index (Phi) is 7.67. The second-order valence-corrected chi connectivity index (χ2v) is 8.07. The zero-order valence-electron chi connectivity index (χ0n) is 14.9. The maximum absolute atomic E-state index is 11.1. The van der Waals surface area contributed by atoms with Crippen molar-refractivity contribution in [1.82, 2.24) is 14.9 Å². The summed E-state index contributed by atoms with van der Waals surface area (Å²) in [4.78, 5) is 6.47. The van der Waals surface area contributed by atoms with Crippen LogP contribution in [0.3, 0.4) is 0 Å². The van der Waals surface area contributed by atoms with Crippen LogP contribution in [-0.2, 0) is 21.4 Å². The minimum absolute atomic E-state index is 0.343. The van der Waals surface area contributed by atoms with Crippen molar-refractivity contribution in [3.05, 3.63) is 35.9 Å². The highest BCUT2D eigenvalue weighted by atomic mass is 32.2. The van der Waals surface area contributed by atoms with Crippen LogP contribution in [0.25, 0.3) is 0 Å². The number of likely N-dealkylation sites (tertiary alicyclic amines) is 1. The fraction of sp³-hybridized carbons (Fsp3) is 0.588. The highest BCUT2D eigenvalue weighted by molar-refractivity contribution is 7.88. The van der Waals surface area contributed by atoms with E-state index in [0.717, 1.165) is 38.3 Å². The molecular formula is C17H28N4O3S. The molecule has 0 amide bonds. The SMILES string of the molecule is CN=C(NCCNS(C)(=O)=O)N1CCC(COCc2ccccc2)C1. The zero-order valence-corrected chi connectivity index (χ0v) is 15.8. The lowest BCUT2D eigenvalue weighted by molar-refractivity contribution is 0.0907. The first-order valence-corrected chi connectivity index (χ1v) is 10.4. The predicted molar refractivity (Wildman–Crippen MR) is 100.0 cm³/mol. The summed E-state index contributed by atoms with van der Waals surface area (Å²) in [5, 5.41) is 3.19. The number of sulfonamides is 1. The number of hydrogen-bond donors (Lipinski definition) is 2. The predicted octanol–water partition coefficient (Wildman–Crippen LogP) is 0.650. The second kappa shape index (κ2) is 9.74. The van der Waals surface area contributed by atoms with Gasteiger partial charge in [0.25, 0.3) is 0 Å². The fourth-order valence-corrected chi connectivity index (χ4v) is 3.29. The van der Waals surface area contributed by atoms with E-state index in [2.05, 4.69) is 32.1 Å². The van der Waals surface area contributed by atoms with Gasteiger partial charge in [0.05, 0.1) is 19.5 Å². The van der Waals surface area contributed by atoms with Gasteiger partial charge in [-0.15, -0.1) is 0 Å². The number of aliphatic imine (C=N–C) groups is 1. The molecule has 0 bridgehead atoms. The van der Waals surface area contributed by atoms with E-state index < -0.39 is 10.0 Å². The summed E-state index contributed by atoms with van der Waals surface area (Å²) in [5.74, 6) is 1.29. The average Bonchev–Trinajstić information content (AvgIpc) is 3.03. The smallest absolute Gasteiger partial charge is 0.208 e. The lowest BCUT2D eigenvalue weighted by atomic mass is 10.1. The molecule has 1 fully saturated rings. The van der Waals surface area contributed by atoms with Gasteiger partial charge in [-0.05, 0) is 12.0 Å². The highest BCUT2D eigenvalue weighted by Gasteiger charge is 2.24. The van der Waals surface area contributed by atoms with E-state index in [0.29, 0.717) is 25.6 Å². The number of benzene rings is 1. The van der Waals surface area contributed by atoms with Gasteiger partial charge in [-0.25, -0.2) is 13.1 Å². The number of ether oxygens (including phenoxy) is 1. The molecule has 0 spiro atoms. The van der Waals surface area contributed by atoms with Crippen LogP contribution in [0.1, 0.15) is 12.0 Å². The van der Waals surface area contributed by atoms with Gasteiger partial charge >= 0.3 is 0 Å². The van der Waals surface area contributed by atoms with Crippen LogP contribution in [-0.4, -0.2) is 65.4 Å². The lowest BCUT2D eigenvalue weighted by Gasteiger charge is -2.21. The third-order valence-corrected chi connectivity index (χ3v) is 4.76. The van der Waals surface area contributed by atoms with Gasteiger partial charge in [0, 0.05) is 39.1 Å². The summed E-state index contributed by atoms with van der Waals surface area (Å²) >= 11 is 0. The molecule has 25 heavy (non-hydrogen) atoms. The van der Waals surface area contributed by atoms with E-state index in [-0.39, 0.29) is 0 Å². The molecule has 1 unspecified atom stereocenters.